The van der Waals surface area contributed by atoms with E-state index in [9.17, 15) is 4.39 Å². The highest BCUT2D eigenvalue weighted by Crippen LogP contribution is 2.24. The SMILES string of the molecule is Cc1nc2ccc(NC(=S)NCc3ccc(F)cc3)cc2s1. The Hall–Kier alpha value is -2.05. The summed E-state index contributed by atoms with van der Waals surface area (Å²) in [6.45, 7) is 2.54. The van der Waals surface area contributed by atoms with Crippen LogP contribution in [-0.2, 0) is 6.54 Å². The second kappa shape index (κ2) is 6.37. The Morgan fingerprint density at radius 2 is 2.00 bits per heavy atom. The molecule has 0 aliphatic carbocycles. The summed E-state index contributed by atoms with van der Waals surface area (Å²) in [4.78, 5) is 4.43. The lowest BCUT2D eigenvalue weighted by atomic mass is 10.2. The third-order valence-electron chi connectivity index (χ3n) is 3.12. The number of thiazole rings is 1. The molecule has 0 spiro atoms. The van der Waals surface area contributed by atoms with Gasteiger partial charge in [0.1, 0.15) is 5.82 Å². The molecule has 0 bridgehead atoms. The van der Waals surface area contributed by atoms with E-state index in [4.69, 9.17) is 12.2 Å². The van der Waals surface area contributed by atoms with E-state index in [1.165, 1.54) is 12.1 Å². The quantitative estimate of drug-likeness (QED) is 0.704. The summed E-state index contributed by atoms with van der Waals surface area (Å²) in [5, 5.41) is 7.83. The van der Waals surface area contributed by atoms with Gasteiger partial charge in [-0.3, -0.25) is 0 Å². The minimum atomic E-state index is -0.238. The molecule has 1 aromatic heterocycles. The maximum atomic E-state index is 12.8. The Bertz CT molecular complexity index is 812. The first-order valence-corrected chi connectivity index (χ1v) is 7.99. The molecule has 0 radical (unpaired) electrons. The van der Waals surface area contributed by atoms with Gasteiger partial charge >= 0.3 is 0 Å². The summed E-state index contributed by atoms with van der Waals surface area (Å²) in [5.41, 5.74) is 2.89. The lowest BCUT2D eigenvalue weighted by Crippen LogP contribution is -2.27. The monoisotopic (exact) mass is 331 g/mol. The molecule has 0 amide bonds. The minimum absolute atomic E-state index is 0.238. The Morgan fingerprint density at radius 1 is 1.23 bits per heavy atom. The van der Waals surface area contributed by atoms with Gasteiger partial charge in [0.25, 0.3) is 0 Å². The number of nitrogens with one attached hydrogen (secondary N) is 2. The number of halogens is 1. The van der Waals surface area contributed by atoms with Crippen LogP contribution in [0.1, 0.15) is 10.6 Å². The van der Waals surface area contributed by atoms with Crippen LogP contribution in [0.15, 0.2) is 42.5 Å². The van der Waals surface area contributed by atoms with E-state index in [-0.39, 0.29) is 5.82 Å². The second-order valence-corrected chi connectivity index (χ2v) is 6.49. The number of fused-ring (bicyclic) bond motifs is 1. The van der Waals surface area contributed by atoms with Crippen molar-refractivity contribution < 1.29 is 4.39 Å². The summed E-state index contributed by atoms with van der Waals surface area (Å²) in [7, 11) is 0. The van der Waals surface area contributed by atoms with Crippen LogP contribution in [0.5, 0.6) is 0 Å². The van der Waals surface area contributed by atoms with Crippen LogP contribution in [0.2, 0.25) is 0 Å². The molecule has 0 unspecified atom stereocenters. The highest BCUT2D eigenvalue weighted by molar-refractivity contribution is 7.80. The van der Waals surface area contributed by atoms with Gasteiger partial charge in [-0.15, -0.1) is 11.3 Å². The van der Waals surface area contributed by atoms with E-state index in [0.717, 1.165) is 26.5 Å². The number of aromatic nitrogens is 1. The number of benzene rings is 2. The summed E-state index contributed by atoms with van der Waals surface area (Å²) >= 11 is 6.94. The molecule has 2 aromatic carbocycles. The van der Waals surface area contributed by atoms with Crippen molar-refractivity contribution in [3.63, 3.8) is 0 Å². The third-order valence-corrected chi connectivity index (χ3v) is 4.30. The number of thiocarbonyl (C=S) groups is 1. The van der Waals surface area contributed by atoms with Crippen LogP contribution in [0, 0.1) is 12.7 Å². The number of hydrogen-bond donors (Lipinski definition) is 2. The van der Waals surface area contributed by atoms with Gasteiger partial charge in [0, 0.05) is 12.2 Å². The molecule has 22 heavy (non-hydrogen) atoms. The summed E-state index contributed by atoms with van der Waals surface area (Å²) in [6, 6.07) is 12.3. The van der Waals surface area contributed by atoms with Crippen molar-refractivity contribution in [3.05, 3.63) is 58.9 Å². The molecule has 0 aliphatic rings. The maximum Gasteiger partial charge on any atom is 0.171 e. The largest absolute Gasteiger partial charge is 0.358 e. The van der Waals surface area contributed by atoms with Crippen LogP contribution >= 0.6 is 23.6 Å². The van der Waals surface area contributed by atoms with Crippen molar-refractivity contribution in [2.75, 3.05) is 5.32 Å². The number of hydrogen-bond acceptors (Lipinski definition) is 3. The van der Waals surface area contributed by atoms with Crippen LogP contribution in [-0.4, -0.2) is 10.1 Å². The van der Waals surface area contributed by atoms with E-state index < -0.39 is 0 Å². The molecule has 0 saturated carbocycles. The van der Waals surface area contributed by atoms with Crippen LogP contribution in [0.3, 0.4) is 0 Å². The predicted octanol–water partition coefficient (Wildman–Crippen LogP) is 4.23. The second-order valence-electron chi connectivity index (χ2n) is 4.85. The Morgan fingerprint density at radius 3 is 2.77 bits per heavy atom. The van der Waals surface area contributed by atoms with E-state index in [1.54, 1.807) is 23.5 Å². The van der Waals surface area contributed by atoms with Gasteiger partial charge in [-0.2, -0.15) is 0 Å². The smallest absolute Gasteiger partial charge is 0.171 e. The highest BCUT2D eigenvalue weighted by Gasteiger charge is 2.03. The first kappa shape index (κ1) is 14.9. The normalized spacial score (nSPS) is 10.6. The molecule has 0 saturated heterocycles. The molecule has 112 valence electrons. The Kier molecular flexibility index (Phi) is 4.31. The fourth-order valence-corrected chi connectivity index (χ4v) is 3.13. The van der Waals surface area contributed by atoms with Crippen LogP contribution in [0.4, 0.5) is 10.1 Å². The topological polar surface area (TPSA) is 37.0 Å². The lowest BCUT2D eigenvalue weighted by molar-refractivity contribution is 0.627. The lowest BCUT2D eigenvalue weighted by Gasteiger charge is -2.10. The van der Waals surface area contributed by atoms with E-state index >= 15 is 0 Å². The van der Waals surface area contributed by atoms with E-state index in [0.29, 0.717) is 11.7 Å². The summed E-state index contributed by atoms with van der Waals surface area (Å²) in [6.07, 6.45) is 0. The van der Waals surface area contributed by atoms with Gasteiger partial charge in [0.15, 0.2) is 5.11 Å². The van der Waals surface area contributed by atoms with Crippen molar-refractivity contribution in [1.29, 1.82) is 0 Å². The fourth-order valence-electron chi connectivity index (χ4n) is 2.08. The number of nitrogens with zero attached hydrogens (tertiary/aromatic N) is 1. The van der Waals surface area contributed by atoms with E-state index in [2.05, 4.69) is 15.6 Å². The molecule has 0 aliphatic heterocycles. The van der Waals surface area contributed by atoms with Crippen molar-refractivity contribution >= 4 is 44.6 Å². The van der Waals surface area contributed by atoms with Crippen molar-refractivity contribution in [2.45, 2.75) is 13.5 Å². The van der Waals surface area contributed by atoms with Crippen LogP contribution in [0.25, 0.3) is 10.2 Å². The Balaban J connectivity index is 1.61. The molecule has 0 atom stereocenters. The van der Waals surface area contributed by atoms with Gasteiger partial charge in [0.05, 0.1) is 15.2 Å². The highest BCUT2D eigenvalue weighted by atomic mass is 32.1. The van der Waals surface area contributed by atoms with Crippen molar-refractivity contribution in [3.8, 4) is 0 Å². The number of anilines is 1. The maximum absolute atomic E-state index is 12.8. The molecule has 6 heteroatoms. The number of rotatable bonds is 3. The van der Waals surface area contributed by atoms with Gasteiger partial charge < -0.3 is 10.6 Å². The zero-order valence-electron chi connectivity index (χ0n) is 11.9. The molecule has 0 fully saturated rings. The van der Waals surface area contributed by atoms with Gasteiger partial charge in [-0.1, -0.05) is 12.1 Å². The average molecular weight is 331 g/mol. The first-order valence-electron chi connectivity index (χ1n) is 6.77. The molecule has 3 nitrogen and oxygen atoms in total. The van der Waals surface area contributed by atoms with Crippen molar-refractivity contribution in [1.82, 2.24) is 10.3 Å². The number of aryl methyl sites for hydroxylation is 1. The summed E-state index contributed by atoms with van der Waals surface area (Å²) in [5.74, 6) is -0.238. The van der Waals surface area contributed by atoms with Gasteiger partial charge in [-0.05, 0) is 55.0 Å². The van der Waals surface area contributed by atoms with E-state index in [1.807, 2.05) is 25.1 Å². The van der Waals surface area contributed by atoms with Crippen LogP contribution < -0.4 is 10.6 Å². The minimum Gasteiger partial charge on any atom is -0.358 e. The predicted molar refractivity (Wildman–Crippen MR) is 93.8 cm³/mol. The standard InChI is InChI=1S/C16H14FN3S2/c1-10-19-14-7-6-13(8-15(14)22-10)20-16(21)18-9-11-2-4-12(17)5-3-11/h2-8H,9H2,1H3,(H2,18,20,21). The Labute approximate surface area is 137 Å². The molecule has 3 rings (SSSR count). The zero-order chi connectivity index (χ0) is 15.5. The fraction of sp³-hybridized carbons (Fsp3) is 0.125. The van der Waals surface area contributed by atoms with Gasteiger partial charge in [0.2, 0.25) is 0 Å². The molecule has 2 N–H and O–H groups in total. The summed E-state index contributed by atoms with van der Waals surface area (Å²) < 4.78 is 14.0. The third kappa shape index (κ3) is 3.58. The first-order chi connectivity index (χ1) is 10.6. The van der Waals surface area contributed by atoms with Crippen molar-refractivity contribution in [2.24, 2.45) is 0 Å². The average Bonchev–Trinajstić information content (AvgIpc) is 2.86. The molecule has 1 heterocycles. The molecular weight excluding hydrogens is 317 g/mol. The molecular formula is C16H14FN3S2. The molecule has 3 aromatic rings. The zero-order valence-corrected chi connectivity index (χ0v) is 13.5. The van der Waals surface area contributed by atoms with Gasteiger partial charge in [-0.25, -0.2) is 9.37 Å².